The molecule has 0 bridgehead atoms. The number of hydrogen-bond donors (Lipinski definition) is 1. The number of benzene rings is 2. The SMILES string of the molecule is C[C@H](C(=O)NC1CCCCC1)N(Cc1cccc(Br)c1)C(=O)CN(c1ccc2c(c1)OCO2)S(C)(=O)=O. The molecule has 37 heavy (non-hydrogen) atoms. The van der Waals surface area contributed by atoms with E-state index < -0.39 is 28.5 Å². The molecule has 1 saturated carbocycles. The Morgan fingerprint density at radius 2 is 1.81 bits per heavy atom. The lowest BCUT2D eigenvalue weighted by atomic mass is 9.95. The molecular formula is C26H32BrN3O6S. The number of carbonyl (C=O) groups excluding carboxylic acids is 2. The Balaban J connectivity index is 1.59. The van der Waals surface area contributed by atoms with Gasteiger partial charge < -0.3 is 19.7 Å². The number of fused-ring (bicyclic) bond motifs is 1. The standard InChI is InChI=1S/C26H32BrN3O6S/c1-18(26(32)28-21-9-4-3-5-10-21)29(15-19-7-6-8-20(27)13-19)25(31)16-30(37(2,33)34)22-11-12-23-24(14-22)36-17-35-23/h6-8,11-14,18,21H,3-5,9-10,15-17H2,1-2H3,(H,28,32)/t18-/m1/s1. The molecule has 200 valence electrons. The highest BCUT2D eigenvalue weighted by Crippen LogP contribution is 2.36. The average Bonchev–Trinajstić information content (AvgIpc) is 3.33. The molecule has 0 aromatic heterocycles. The van der Waals surface area contributed by atoms with Crippen molar-refractivity contribution in [2.24, 2.45) is 0 Å². The van der Waals surface area contributed by atoms with E-state index in [2.05, 4.69) is 21.2 Å². The van der Waals surface area contributed by atoms with Gasteiger partial charge in [-0.3, -0.25) is 13.9 Å². The molecule has 11 heteroatoms. The zero-order valence-electron chi connectivity index (χ0n) is 21.0. The summed E-state index contributed by atoms with van der Waals surface area (Å²) < 4.78 is 38.1. The van der Waals surface area contributed by atoms with Gasteiger partial charge in [-0.2, -0.15) is 0 Å². The summed E-state index contributed by atoms with van der Waals surface area (Å²) >= 11 is 3.45. The zero-order chi connectivity index (χ0) is 26.6. The van der Waals surface area contributed by atoms with Gasteiger partial charge in [0.25, 0.3) is 0 Å². The number of anilines is 1. The minimum Gasteiger partial charge on any atom is -0.454 e. The molecule has 2 amide bonds. The number of hydrogen-bond acceptors (Lipinski definition) is 6. The van der Waals surface area contributed by atoms with Gasteiger partial charge in [-0.05, 0) is 49.6 Å². The van der Waals surface area contributed by atoms with Gasteiger partial charge in [-0.1, -0.05) is 47.3 Å². The van der Waals surface area contributed by atoms with Crippen LogP contribution in [0.25, 0.3) is 0 Å². The molecule has 2 aliphatic rings. The number of carbonyl (C=O) groups is 2. The molecule has 4 rings (SSSR count). The predicted octanol–water partition coefficient (Wildman–Crippen LogP) is 3.81. The van der Waals surface area contributed by atoms with Crippen LogP contribution in [0.2, 0.25) is 0 Å². The number of amides is 2. The number of sulfonamides is 1. The maximum atomic E-state index is 13.7. The summed E-state index contributed by atoms with van der Waals surface area (Å²) in [5.74, 6) is 0.177. The van der Waals surface area contributed by atoms with Gasteiger partial charge in [0.1, 0.15) is 12.6 Å². The maximum Gasteiger partial charge on any atom is 0.244 e. The van der Waals surface area contributed by atoms with Crippen molar-refractivity contribution < 1.29 is 27.5 Å². The van der Waals surface area contributed by atoms with Crippen LogP contribution >= 0.6 is 15.9 Å². The van der Waals surface area contributed by atoms with Crippen LogP contribution in [0.5, 0.6) is 11.5 Å². The highest BCUT2D eigenvalue weighted by Gasteiger charge is 2.31. The smallest absolute Gasteiger partial charge is 0.244 e. The lowest BCUT2D eigenvalue weighted by Crippen LogP contribution is -2.52. The number of nitrogens with zero attached hydrogens (tertiary/aromatic N) is 2. The summed E-state index contributed by atoms with van der Waals surface area (Å²) in [6.07, 6.45) is 6.19. The van der Waals surface area contributed by atoms with Crippen LogP contribution in [0.1, 0.15) is 44.6 Å². The van der Waals surface area contributed by atoms with Crippen molar-refractivity contribution in [1.82, 2.24) is 10.2 Å². The van der Waals surface area contributed by atoms with Crippen LogP contribution in [-0.4, -0.2) is 56.8 Å². The number of rotatable bonds is 9. The third-order valence-corrected chi connectivity index (χ3v) is 8.32. The Hall–Kier alpha value is -2.79. The summed E-state index contributed by atoms with van der Waals surface area (Å²) in [5.41, 5.74) is 1.09. The second-order valence-electron chi connectivity index (χ2n) is 9.48. The molecule has 1 atom stereocenters. The number of halogens is 1. The second kappa shape index (κ2) is 11.7. The van der Waals surface area contributed by atoms with E-state index in [9.17, 15) is 18.0 Å². The molecule has 2 aromatic carbocycles. The van der Waals surface area contributed by atoms with E-state index in [4.69, 9.17) is 9.47 Å². The molecule has 1 aliphatic carbocycles. The molecule has 1 N–H and O–H groups in total. The van der Waals surface area contributed by atoms with Crippen LogP contribution in [0.15, 0.2) is 46.9 Å². The van der Waals surface area contributed by atoms with Crippen LogP contribution < -0.4 is 19.1 Å². The van der Waals surface area contributed by atoms with Crippen LogP contribution in [-0.2, 0) is 26.2 Å². The number of ether oxygens (including phenoxy) is 2. The van der Waals surface area contributed by atoms with Gasteiger partial charge in [-0.25, -0.2) is 8.42 Å². The van der Waals surface area contributed by atoms with E-state index in [1.807, 2.05) is 24.3 Å². The first-order valence-electron chi connectivity index (χ1n) is 12.3. The normalized spacial score (nSPS) is 16.2. The summed E-state index contributed by atoms with van der Waals surface area (Å²) in [6.45, 7) is 1.41. The van der Waals surface area contributed by atoms with Crippen molar-refractivity contribution in [3.8, 4) is 11.5 Å². The molecule has 0 unspecified atom stereocenters. The molecule has 0 spiro atoms. The Morgan fingerprint density at radius 1 is 1.08 bits per heavy atom. The minimum absolute atomic E-state index is 0.0463. The van der Waals surface area contributed by atoms with E-state index in [0.717, 1.165) is 52.7 Å². The Kier molecular flexibility index (Phi) is 8.63. The third-order valence-electron chi connectivity index (χ3n) is 6.68. The largest absolute Gasteiger partial charge is 0.454 e. The first-order valence-corrected chi connectivity index (χ1v) is 15.0. The monoisotopic (exact) mass is 593 g/mol. The summed E-state index contributed by atoms with van der Waals surface area (Å²) in [5, 5.41) is 3.09. The van der Waals surface area contributed by atoms with Crippen LogP contribution in [0.3, 0.4) is 0 Å². The van der Waals surface area contributed by atoms with Crippen LogP contribution in [0.4, 0.5) is 5.69 Å². The van der Waals surface area contributed by atoms with E-state index in [-0.39, 0.29) is 31.0 Å². The first kappa shape index (κ1) is 27.3. The molecule has 2 aromatic rings. The van der Waals surface area contributed by atoms with Gasteiger partial charge in [0.05, 0.1) is 11.9 Å². The summed E-state index contributed by atoms with van der Waals surface area (Å²) in [6, 6.07) is 11.5. The minimum atomic E-state index is -3.83. The second-order valence-corrected chi connectivity index (χ2v) is 12.3. The van der Waals surface area contributed by atoms with E-state index >= 15 is 0 Å². The fraction of sp³-hybridized carbons (Fsp3) is 0.462. The molecule has 9 nitrogen and oxygen atoms in total. The van der Waals surface area contributed by atoms with Gasteiger partial charge in [0.2, 0.25) is 28.6 Å². The van der Waals surface area contributed by atoms with Gasteiger partial charge in [0.15, 0.2) is 11.5 Å². The maximum absolute atomic E-state index is 13.7. The topological polar surface area (TPSA) is 105 Å². The average molecular weight is 595 g/mol. The quantitative estimate of drug-likeness (QED) is 0.474. The third kappa shape index (κ3) is 6.95. The zero-order valence-corrected chi connectivity index (χ0v) is 23.4. The van der Waals surface area contributed by atoms with Crippen LogP contribution in [0, 0.1) is 0 Å². The Morgan fingerprint density at radius 3 is 2.51 bits per heavy atom. The Labute approximate surface area is 226 Å². The van der Waals surface area contributed by atoms with Gasteiger partial charge >= 0.3 is 0 Å². The van der Waals surface area contributed by atoms with E-state index in [0.29, 0.717) is 11.5 Å². The molecule has 1 fully saturated rings. The van der Waals surface area contributed by atoms with E-state index in [1.165, 1.54) is 11.0 Å². The Bertz CT molecular complexity index is 1250. The lowest BCUT2D eigenvalue weighted by Gasteiger charge is -2.33. The van der Waals surface area contributed by atoms with Crippen molar-refractivity contribution in [3.05, 3.63) is 52.5 Å². The highest BCUT2D eigenvalue weighted by molar-refractivity contribution is 9.10. The summed E-state index contributed by atoms with van der Waals surface area (Å²) in [4.78, 5) is 28.4. The first-order chi connectivity index (χ1) is 17.6. The molecule has 1 heterocycles. The fourth-order valence-electron chi connectivity index (χ4n) is 4.64. The summed E-state index contributed by atoms with van der Waals surface area (Å²) in [7, 11) is -3.83. The van der Waals surface area contributed by atoms with Crippen molar-refractivity contribution >= 4 is 43.5 Å². The molecular weight excluding hydrogens is 562 g/mol. The van der Waals surface area contributed by atoms with Gasteiger partial charge in [0, 0.05) is 23.1 Å². The van der Waals surface area contributed by atoms with Crippen molar-refractivity contribution in [1.29, 1.82) is 0 Å². The molecule has 0 saturated heterocycles. The lowest BCUT2D eigenvalue weighted by molar-refractivity contribution is -0.139. The molecule has 1 aliphatic heterocycles. The van der Waals surface area contributed by atoms with Crippen molar-refractivity contribution in [3.63, 3.8) is 0 Å². The van der Waals surface area contributed by atoms with Crippen molar-refractivity contribution in [2.75, 3.05) is 23.9 Å². The van der Waals surface area contributed by atoms with Gasteiger partial charge in [-0.15, -0.1) is 0 Å². The predicted molar refractivity (Wildman–Crippen MR) is 144 cm³/mol. The molecule has 0 radical (unpaired) electrons. The van der Waals surface area contributed by atoms with Crippen molar-refractivity contribution in [2.45, 2.75) is 57.7 Å². The highest BCUT2D eigenvalue weighted by atomic mass is 79.9. The fourth-order valence-corrected chi connectivity index (χ4v) is 5.93. The van der Waals surface area contributed by atoms with E-state index in [1.54, 1.807) is 19.1 Å². The number of nitrogens with one attached hydrogen (secondary N) is 1.